The molecule has 1 aromatic carbocycles. The average Bonchev–Trinajstić information content (AvgIpc) is 2.48. The van der Waals surface area contributed by atoms with E-state index in [-0.39, 0.29) is 11.8 Å². The number of hydrogen-bond acceptors (Lipinski definition) is 4. The lowest BCUT2D eigenvalue weighted by atomic mass is 9.95. The van der Waals surface area contributed by atoms with Crippen LogP contribution in [0.4, 0.5) is 0 Å². The van der Waals surface area contributed by atoms with Gasteiger partial charge in [0.15, 0.2) is 0 Å². The van der Waals surface area contributed by atoms with Crippen LogP contribution in [0, 0.1) is 5.92 Å². The minimum atomic E-state index is -0.507. The zero-order chi connectivity index (χ0) is 14.5. The molecule has 0 bridgehead atoms. The van der Waals surface area contributed by atoms with E-state index in [1.54, 1.807) is 0 Å². The fourth-order valence-electron chi connectivity index (χ4n) is 2.63. The van der Waals surface area contributed by atoms with Crippen molar-refractivity contribution in [3.05, 3.63) is 35.4 Å². The Morgan fingerprint density at radius 3 is 2.40 bits per heavy atom. The van der Waals surface area contributed by atoms with Gasteiger partial charge in [0.05, 0.1) is 6.10 Å². The van der Waals surface area contributed by atoms with Gasteiger partial charge in [-0.05, 0) is 37.1 Å². The third-order valence-electron chi connectivity index (χ3n) is 4.02. The minimum Gasteiger partial charge on any atom is -0.387 e. The van der Waals surface area contributed by atoms with Crippen LogP contribution in [-0.4, -0.2) is 35.5 Å². The van der Waals surface area contributed by atoms with E-state index in [4.69, 9.17) is 11.5 Å². The van der Waals surface area contributed by atoms with Crippen LogP contribution >= 0.6 is 0 Å². The van der Waals surface area contributed by atoms with Gasteiger partial charge in [-0.1, -0.05) is 24.3 Å². The molecule has 5 N–H and O–H groups in total. The highest BCUT2D eigenvalue weighted by Gasteiger charge is 2.24. The van der Waals surface area contributed by atoms with E-state index in [1.165, 1.54) is 0 Å². The van der Waals surface area contributed by atoms with Gasteiger partial charge in [0.2, 0.25) is 5.91 Å². The molecule has 1 aromatic rings. The Balaban J connectivity index is 1.85. The molecule has 2 rings (SSSR count). The molecular weight excluding hydrogens is 254 g/mol. The number of aliphatic hydroxyl groups is 1. The molecule has 1 unspecified atom stereocenters. The number of benzene rings is 1. The van der Waals surface area contributed by atoms with Gasteiger partial charge < -0.3 is 21.5 Å². The predicted molar refractivity (Wildman–Crippen MR) is 77.7 cm³/mol. The zero-order valence-corrected chi connectivity index (χ0v) is 11.7. The lowest BCUT2D eigenvalue weighted by Gasteiger charge is -2.31. The molecule has 1 aliphatic rings. The Hall–Kier alpha value is -1.43. The van der Waals surface area contributed by atoms with Crippen molar-refractivity contribution in [3.8, 4) is 0 Å². The van der Waals surface area contributed by atoms with E-state index in [0.717, 1.165) is 37.1 Å². The molecule has 5 nitrogen and oxygen atoms in total. The summed E-state index contributed by atoms with van der Waals surface area (Å²) in [7, 11) is 0. The lowest BCUT2D eigenvalue weighted by Crippen LogP contribution is -2.40. The number of nitrogens with zero attached hydrogens (tertiary/aromatic N) is 1. The van der Waals surface area contributed by atoms with Crippen LogP contribution in [0.15, 0.2) is 24.3 Å². The van der Waals surface area contributed by atoms with Crippen molar-refractivity contribution in [1.82, 2.24) is 4.90 Å². The third-order valence-corrected chi connectivity index (χ3v) is 4.02. The van der Waals surface area contributed by atoms with Gasteiger partial charge in [0.25, 0.3) is 0 Å². The summed E-state index contributed by atoms with van der Waals surface area (Å²) in [5.41, 5.74) is 12.8. The van der Waals surface area contributed by atoms with Crippen LogP contribution in [0.5, 0.6) is 0 Å². The summed E-state index contributed by atoms with van der Waals surface area (Å²) in [5, 5.41) is 10.2. The summed E-state index contributed by atoms with van der Waals surface area (Å²) in [5.74, 6) is -0.213. The molecule has 1 amide bonds. The molecule has 5 heteroatoms. The van der Waals surface area contributed by atoms with Gasteiger partial charge in [0, 0.05) is 19.0 Å². The molecule has 0 radical (unpaired) electrons. The van der Waals surface area contributed by atoms with Crippen LogP contribution in [0.1, 0.15) is 30.1 Å². The fourth-order valence-corrected chi connectivity index (χ4v) is 2.63. The van der Waals surface area contributed by atoms with Crippen LogP contribution in [-0.2, 0) is 11.3 Å². The highest BCUT2D eigenvalue weighted by Crippen LogP contribution is 2.20. The van der Waals surface area contributed by atoms with Crippen molar-refractivity contribution in [3.63, 3.8) is 0 Å². The summed E-state index contributed by atoms with van der Waals surface area (Å²) in [6, 6.07) is 7.72. The topological polar surface area (TPSA) is 92.6 Å². The normalized spacial score (nSPS) is 18.9. The molecule has 1 fully saturated rings. The Kier molecular flexibility index (Phi) is 5.11. The fraction of sp³-hybridized carbons (Fsp3) is 0.533. The number of carbonyl (C=O) groups excluding carboxylic acids is 1. The number of hydrogen-bond donors (Lipinski definition) is 3. The number of amides is 1. The van der Waals surface area contributed by atoms with Crippen LogP contribution in [0.2, 0.25) is 0 Å². The summed E-state index contributed by atoms with van der Waals surface area (Å²) >= 11 is 0. The first-order chi connectivity index (χ1) is 9.60. The third kappa shape index (κ3) is 3.79. The van der Waals surface area contributed by atoms with Crippen molar-refractivity contribution >= 4 is 5.91 Å². The Labute approximate surface area is 119 Å². The van der Waals surface area contributed by atoms with E-state index in [2.05, 4.69) is 4.90 Å². The molecule has 1 aliphatic heterocycles. The van der Waals surface area contributed by atoms with E-state index >= 15 is 0 Å². The SMILES string of the molecule is NCc1ccc(C(O)CN2CCC(C(N)=O)CC2)cc1. The maximum absolute atomic E-state index is 11.1. The summed E-state index contributed by atoms with van der Waals surface area (Å²) in [6.07, 6.45) is 1.06. The monoisotopic (exact) mass is 277 g/mol. The molecular formula is C15H23N3O2. The molecule has 20 heavy (non-hydrogen) atoms. The van der Waals surface area contributed by atoms with Crippen molar-refractivity contribution in [2.75, 3.05) is 19.6 Å². The number of rotatable bonds is 5. The second-order valence-corrected chi connectivity index (χ2v) is 5.44. The molecule has 0 saturated carbocycles. The van der Waals surface area contributed by atoms with Crippen molar-refractivity contribution < 1.29 is 9.90 Å². The van der Waals surface area contributed by atoms with Gasteiger partial charge in [-0.15, -0.1) is 0 Å². The molecule has 0 aliphatic carbocycles. The predicted octanol–water partition coefficient (Wildman–Crippen LogP) is 0.376. The smallest absolute Gasteiger partial charge is 0.220 e. The van der Waals surface area contributed by atoms with Gasteiger partial charge in [-0.25, -0.2) is 0 Å². The molecule has 110 valence electrons. The lowest BCUT2D eigenvalue weighted by molar-refractivity contribution is -0.123. The average molecular weight is 277 g/mol. The first-order valence-corrected chi connectivity index (χ1v) is 7.08. The summed E-state index contributed by atoms with van der Waals surface area (Å²) in [4.78, 5) is 13.3. The number of likely N-dealkylation sites (tertiary alicyclic amines) is 1. The maximum atomic E-state index is 11.1. The van der Waals surface area contributed by atoms with Crippen LogP contribution < -0.4 is 11.5 Å². The molecule has 0 aromatic heterocycles. The zero-order valence-electron chi connectivity index (χ0n) is 11.7. The van der Waals surface area contributed by atoms with Gasteiger partial charge >= 0.3 is 0 Å². The molecule has 1 saturated heterocycles. The number of primary amides is 1. The number of piperidine rings is 1. The molecule has 1 heterocycles. The Morgan fingerprint density at radius 2 is 1.90 bits per heavy atom. The van der Waals surface area contributed by atoms with Crippen molar-refractivity contribution in [1.29, 1.82) is 0 Å². The highest BCUT2D eigenvalue weighted by atomic mass is 16.3. The second kappa shape index (κ2) is 6.83. The van der Waals surface area contributed by atoms with Gasteiger partial charge in [-0.2, -0.15) is 0 Å². The number of aliphatic hydroxyl groups excluding tert-OH is 1. The Morgan fingerprint density at radius 1 is 1.30 bits per heavy atom. The molecule has 0 spiro atoms. The van der Waals surface area contributed by atoms with Gasteiger partial charge in [-0.3, -0.25) is 4.79 Å². The van der Waals surface area contributed by atoms with E-state index in [9.17, 15) is 9.90 Å². The first kappa shape index (κ1) is 15.0. The summed E-state index contributed by atoms with van der Waals surface area (Å²) in [6.45, 7) is 2.72. The maximum Gasteiger partial charge on any atom is 0.220 e. The second-order valence-electron chi connectivity index (χ2n) is 5.44. The van der Waals surface area contributed by atoms with Crippen LogP contribution in [0.3, 0.4) is 0 Å². The van der Waals surface area contributed by atoms with E-state index < -0.39 is 6.10 Å². The van der Waals surface area contributed by atoms with E-state index in [1.807, 2.05) is 24.3 Å². The van der Waals surface area contributed by atoms with Crippen molar-refractivity contribution in [2.24, 2.45) is 17.4 Å². The first-order valence-electron chi connectivity index (χ1n) is 7.08. The number of β-amino-alcohol motifs (C(OH)–C–C–N with tert-alkyl or cyclic N) is 1. The highest BCUT2D eigenvalue weighted by molar-refractivity contribution is 5.76. The number of nitrogens with two attached hydrogens (primary N) is 2. The van der Waals surface area contributed by atoms with Crippen molar-refractivity contribution in [2.45, 2.75) is 25.5 Å². The Bertz CT molecular complexity index is 439. The number of carbonyl (C=O) groups is 1. The van der Waals surface area contributed by atoms with E-state index in [0.29, 0.717) is 13.1 Å². The largest absolute Gasteiger partial charge is 0.387 e. The standard InChI is InChI=1S/C15H23N3O2/c16-9-11-1-3-12(4-2-11)14(19)10-18-7-5-13(6-8-18)15(17)20/h1-4,13-14,19H,5-10,16H2,(H2,17,20). The molecule has 1 atom stereocenters. The minimum absolute atomic E-state index is 0.00719. The summed E-state index contributed by atoms with van der Waals surface area (Å²) < 4.78 is 0. The van der Waals surface area contributed by atoms with Gasteiger partial charge in [0.1, 0.15) is 0 Å². The van der Waals surface area contributed by atoms with Crippen LogP contribution in [0.25, 0.3) is 0 Å². The quantitative estimate of drug-likeness (QED) is 0.725.